The number of ether oxygens (including phenoxy) is 1. The van der Waals surface area contributed by atoms with Gasteiger partial charge in [0, 0.05) is 13.1 Å². The summed E-state index contributed by atoms with van der Waals surface area (Å²) in [4.78, 5) is 0. The Morgan fingerprint density at radius 3 is 2.70 bits per heavy atom. The quantitative estimate of drug-likeness (QED) is 0.910. The molecule has 1 aromatic carbocycles. The molecule has 112 valence electrons. The first-order chi connectivity index (χ1) is 9.26. The first-order valence-electron chi connectivity index (χ1n) is 6.81. The molecule has 1 N–H and O–H groups in total. The lowest BCUT2D eigenvalue weighted by molar-refractivity contribution is -0.137. The monoisotopic (exact) mass is 287 g/mol. The van der Waals surface area contributed by atoms with Crippen LogP contribution in [0, 0.1) is 0 Å². The van der Waals surface area contributed by atoms with Crippen molar-refractivity contribution in [3.63, 3.8) is 0 Å². The van der Waals surface area contributed by atoms with Gasteiger partial charge in [-0.3, -0.25) is 0 Å². The standard InChI is InChI=1S/C15H20F3NO/c1-14(2)7-6-13(20-14)10-19-9-11-4-3-5-12(8-11)15(16,17)18/h3-5,8,13,19H,6-7,9-10H2,1-2H3. The Bertz CT molecular complexity index is 457. The van der Waals surface area contributed by atoms with Crippen molar-refractivity contribution >= 4 is 0 Å². The summed E-state index contributed by atoms with van der Waals surface area (Å²) in [6, 6.07) is 5.41. The third kappa shape index (κ3) is 4.21. The summed E-state index contributed by atoms with van der Waals surface area (Å²) in [5.41, 5.74) is -0.0464. The molecule has 0 radical (unpaired) electrons. The summed E-state index contributed by atoms with van der Waals surface area (Å²) in [6.07, 6.45) is -2.13. The molecule has 5 heteroatoms. The second-order valence-corrected chi connectivity index (χ2v) is 5.87. The van der Waals surface area contributed by atoms with Crippen molar-refractivity contribution in [2.24, 2.45) is 0 Å². The van der Waals surface area contributed by atoms with E-state index in [1.54, 1.807) is 6.07 Å². The van der Waals surface area contributed by atoms with Crippen LogP contribution in [0.5, 0.6) is 0 Å². The summed E-state index contributed by atoms with van der Waals surface area (Å²) in [5.74, 6) is 0. The molecule has 0 bridgehead atoms. The fourth-order valence-electron chi connectivity index (χ4n) is 2.46. The fraction of sp³-hybridized carbons (Fsp3) is 0.600. The van der Waals surface area contributed by atoms with Gasteiger partial charge >= 0.3 is 6.18 Å². The summed E-state index contributed by atoms with van der Waals surface area (Å²) >= 11 is 0. The van der Waals surface area contributed by atoms with Crippen molar-refractivity contribution in [2.45, 2.75) is 51.1 Å². The zero-order valence-corrected chi connectivity index (χ0v) is 11.8. The van der Waals surface area contributed by atoms with Crippen molar-refractivity contribution in [1.29, 1.82) is 0 Å². The number of hydrogen-bond donors (Lipinski definition) is 1. The molecule has 1 aromatic rings. The molecule has 1 saturated heterocycles. The molecule has 0 saturated carbocycles. The normalized spacial score (nSPS) is 22.1. The molecule has 2 rings (SSSR count). The highest BCUT2D eigenvalue weighted by atomic mass is 19.4. The van der Waals surface area contributed by atoms with E-state index in [1.165, 1.54) is 12.1 Å². The number of alkyl halides is 3. The first-order valence-corrected chi connectivity index (χ1v) is 6.81. The Balaban J connectivity index is 1.83. The van der Waals surface area contributed by atoms with Crippen LogP contribution in [0.15, 0.2) is 24.3 Å². The average Bonchev–Trinajstić information content (AvgIpc) is 2.68. The first kappa shape index (κ1) is 15.3. The molecular formula is C15H20F3NO. The zero-order chi connectivity index (χ0) is 14.8. The third-order valence-corrected chi connectivity index (χ3v) is 3.51. The van der Waals surface area contributed by atoms with Gasteiger partial charge in [-0.2, -0.15) is 13.2 Å². The smallest absolute Gasteiger partial charge is 0.371 e. The molecule has 20 heavy (non-hydrogen) atoms. The van der Waals surface area contributed by atoms with Gasteiger partial charge in [-0.25, -0.2) is 0 Å². The molecule has 0 amide bonds. The van der Waals surface area contributed by atoms with Crippen molar-refractivity contribution in [3.05, 3.63) is 35.4 Å². The molecule has 1 aliphatic heterocycles. The van der Waals surface area contributed by atoms with E-state index in [-0.39, 0.29) is 11.7 Å². The van der Waals surface area contributed by atoms with E-state index in [0.29, 0.717) is 18.7 Å². The van der Waals surface area contributed by atoms with Crippen molar-refractivity contribution in [2.75, 3.05) is 6.54 Å². The van der Waals surface area contributed by atoms with Crippen LogP contribution in [0.1, 0.15) is 37.8 Å². The molecule has 0 spiro atoms. The molecule has 0 aromatic heterocycles. The van der Waals surface area contributed by atoms with Gasteiger partial charge < -0.3 is 10.1 Å². The lowest BCUT2D eigenvalue weighted by Crippen LogP contribution is -2.29. The minimum Gasteiger partial charge on any atom is -0.371 e. The zero-order valence-electron chi connectivity index (χ0n) is 11.8. The van der Waals surface area contributed by atoms with Gasteiger partial charge in [0.1, 0.15) is 0 Å². The van der Waals surface area contributed by atoms with Crippen LogP contribution in [0.2, 0.25) is 0 Å². The summed E-state index contributed by atoms with van der Waals surface area (Å²) in [5, 5.41) is 3.17. The number of rotatable bonds is 4. The fourth-order valence-corrected chi connectivity index (χ4v) is 2.46. The predicted octanol–water partition coefficient (Wildman–Crippen LogP) is 3.75. The summed E-state index contributed by atoms with van der Waals surface area (Å²) in [6.45, 7) is 5.20. The molecule has 1 heterocycles. The molecular weight excluding hydrogens is 267 g/mol. The van der Waals surface area contributed by atoms with E-state index in [4.69, 9.17) is 4.74 Å². The third-order valence-electron chi connectivity index (χ3n) is 3.51. The van der Waals surface area contributed by atoms with Crippen LogP contribution >= 0.6 is 0 Å². The maximum Gasteiger partial charge on any atom is 0.416 e. The van der Waals surface area contributed by atoms with Crippen LogP contribution < -0.4 is 5.32 Å². The number of nitrogens with one attached hydrogen (secondary N) is 1. The van der Waals surface area contributed by atoms with E-state index in [9.17, 15) is 13.2 Å². The maximum absolute atomic E-state index is 12.6. The van der Waals surface area contributed by atoms with Gasteiger partial charge in [0.05, 0.1) is 17.3 Å². The van der Waals surface area contributed by atoms with E-state index in [1.807, 2.05) is 0 Å². The predicted molar refractivity (Wildman–Crippen MR) is 71.3 cm³/mol. The van der Waals surface area contributed by atoms with Gasteiger partial charge in [0.2, 0.25) is 0 Å². The van der Waals surface area contributed by atoms with Crippen LogP contribution in [-0.4, -0.2) is 18.2 Å². The molecule has 1 fully saturated rings. The second-order valence-electron chi connectivity index (χ2n) is 5.87. The molecule has 2 nitrogen and oxygen atoms in total. The minimum atomic E-state index is -4.28. The summed E-state index contributed by atoms with van der Waals surface area (Å²) in [7, 11) is 0. The van der Waals surface area contributed by atoms with Crippen LogP contribution in [0.4, 0.5) is 13.2 Å². The van der Waals surface area contributed by atoms with Crippen LogP contribution in [0.3, 0.4) is 0 Å². The highest BCUT2D eigenvalue weighted by Gasteiger charge is 2.31. The Morgan fingerprint density at radius 2 is 2.10 bits per heavy atom. The Labute approximate surface area is 117 Å². The molecule has 1 aliphatic rings. The van der Waals surface area contributed by atoms with Crippen LogP contribution in [0.25, 0.3) is 0 Å². The van der Waals surface area contributed by atoms with E-state index < -0.39 is 11.7 Å². The molecule has 1 unspecified atom stereocenters. The van der Waals surface area contributed by atoms with Gasteiger partial charge in [0.25, 0.3) is 0 Å². The second kappa shape index (κ2) is 5.74. The summed E-state index contributed by atoms with van der Waals surface area (Å²) < 4.78 is 43.6. The molecule has 1 atom stereocenters. The van der Waals surface area contributed by atoms with E-state index in [2.05, 4.69) is 19.2 Å². The van der Waals surface area contributed by atoms with Gasteiger partial charge in [-0.15, -0.1) is 0 Å². The number of halogens is 3. The van der Waals surface area contributed by atoms with E-state index in [0.717, 1.165) is 18.9 Å². The van der Waals surface area contributed by atoms with Gasteiger partial charge in [-0.1, -0.05) is 18.2 Å². The van der Waals surface area contributed by atoms with Crippen molar-refractivity contribution in [1.82, 2.24) is 5.32 Å². The van der Waals surface area contributed by atoms with Crippen LogP contribution in [-0.2, 0) is 17.5 Å². The highest BCUT2D eigenvalue weighted by molar-refractivity contribution is 5.25. The van der Waals surface area contributed by atoms with Gasteiger partial charge in [-0.05, 0) is 38.3 Å². The Kier molecular flexibility index (Phi) is 4.39. The number of hydrogen-bond acceptors (Lipinski definition) is 2. The number of benzene rings is 1. The van der Waals surface area contributed by atoms with Crippen molar-refractivity contribution in [3.8, 4) is 0 Å². The maximum atomic E-state index is 12.6. The topological polar surface area (TPSA) is 21.3 Å². The van der Waals surface area contributed by atoms with Crippen molar-refractivity contribution < 1.29 is 17.9 Å². The van der Waals surface area contributed by atoms with Gasteiger partial charge in [0.15, 0.2) is 0 Å². The van der Waals surface area contributed by atoms with E-state index >= 15 is 0 Å². The average molecular weight is 287 g/mol. The Morgan fingerprint density at radius 1 is 1.35 bits per heavy atom. The Hall–Kier alpha value is -1.07. The largest absolute Gasteiger partial charge is 0.416 e. The lowest BCUT2D eigenvalue weighted by atomic mass is 10.1. The SMILES string of the molecule is CC1(C)CCC(CNCc2cccc(C(F)(F)F)c2)O1. The highest BCUT2D eigenvalue weighted by Crippen LogP contribution is 2.30. The lowest BCUT2D eigenvalue weighted by Gasteiger charge is -2.19. The molecule has 0 aliphatic carbocycles. The minimum absolute atomic E-state index is 0.0808.